The molecular weight excluding hydrogens is 116 g/mol. The van der Waals surface area contributed by atoms with Crippen LogP contribution >= 0.6 is 0 Å². The van der Waals surface area contributed by atoms with Gasteiger partial charge in [0.05, 0.1) is 0 Å². The molecule has 0 amide bonds. The lowest BCUT2D eigenvalue weighted by atomic mass is 10.3. The van der Waals surface area contributed by atoms with Crippen molar-refractivity contribution in [1.29, 1.82) is 0 Å². The molecule has 4 heteroatoms. The van der Waals surface area contributed by atoms with E-state index in [-0.39, 0.29) is 0 Å². The molecule has 0 bridgehead atoms. The number of hydrogen-bond acceptors (Lipinski definition) is 4. The first kappa shape index (κ1) is 6.07. The van der Waals surface area contributed by atoms with Crippen LogP contribution in [0, 0.1) is 0 Å². The minimum atomic E-state index is 0.903. The van der Waals surface area contributed by atoms with Crippen molar-refractivity contribution < 1.29 is 0 Å². The van der Waals surface area contributed by atoms with E-state index < -0.39 is 0 Å². The molecule has 0 fully saturated rings. The topological polar surface area (TPSA) is 48.8 Å². The van der Waals surface area contributed by atoms with Crippen molar-refractivity contribution in [3.05, 3.63) is 0 Å². The molecule has 4 nitrogen and oxygen atoms in total. The molecule has 50 valence electrons. The summed E-state index contributed by atoms with van der Waals surface area (Å²) in [4.78, 5) is 0. The standard InChI is InChI=1S/C5H10N4/c1-2-3-5-8-6-4-7-9-5/h4H,2-3H2,1H3,(H,6,7)(H,8,9). The number of hydrogen-bond donors (Lipinski definition) is 2. The smallest absolute Gasteiger partial charge is 0.142 e. The maximum atomic E-state index is 3.93. The monoisotopic (exact) mass is 126 g/mol. The molecule has 0 radical (unpaired) electrons. The average molecular weight is 126 g/mol. The van der Waals surface area contributed by atoms with Gasteiger partial charge < -0.3 is 0 Å². The predicted octanol–water partition coefficient (Wildman–Crippen LogP) is 0.236. The zero-order chi connectivity index (χ0) is 6.53. The third-order valence-electron chi connectivity index (χ3n) is 1.00. The maximum absolute atomic E-state index is 3.93. The van der Waals surface area contributed by atoms with Crippen molar-refractivity contribution in [2.24, 2.45) is 10.2 Å². The van der Waals surface area contributed by atoms with Crippen LogP contribution < -0.4 is 10.9 Å². The van der Waals surface area contributed by atoms with E-state index in [1.54, 1.807) is 0 Å². The second-order valence-electron chi connectivity index (χ2n) is 1.81. The number of hydrazone groups is 2. The summed E-state index contributed by atoms with van der Waals surface area (Å²) in [5, 5.41) is 7.69. The Kier molecular flexibility index (Phi) is 2.06. The lowest BCUT2D eigenvalue weighted by molar-refractivity contribution is 0.842. The molecule has 0 saturated carbocycles. The second-order valence-corrected chi connectivity index (χ2v) is 1.81. The van der Waals surface area contributed by atoms with E-state index in [9.17, 15) is 0 Å². The number of nitrogens with zero attached hydrogens (tertiary/aromatic N) is 2. The zero-order valence-electron chi connectivity index (χ0n) is 5.39. The molecule has 0 aromatic carbocycles. The number of rotatable bonds is 2. The largest absolute Gasteiger partial charge is 0.264 e. The number of nitrogens with one attached hydrogen (secondary N) is 2. The molecular formula is C5H10N4. The van der Waals surface area contributed by atoms with Gasteiger partial charge in [-0.15, -0.1) is 0 Å². The fourth-order valence-electron chi connectivity index (χ4n) is 0.616. The lowest BCUT2D eigenvalue weighted by Crippen LogP contribution is -2.26. The summed E-state index contributed by atoms with van der Waals surface area (Å²) < 4.78 is 0. The highest BCUT2D eigenvalue weighted by Gasteiger charge is 1.96. The summed E-state index contributed by atoms with van der Waals surface area (Å²) in [7, 11) is 0. The van der Waals surface area contributed by atoms with Crippen molar-refractivity contribution in [2.45, 2.75) is 19.8 Å². The third-order valence-corrected chi connectivity index (χ3v) is 1.00. The van der Waals surface area contributed by atoms with Crippen LogP contribution in [0.5, 0.6) is 0 Å². The summed E-state index contributed by atoms with van der Waals surface area (Å²) >= 11 is 0. The fourth-order valence-corrected chi connectivity index (χ4v) is 0.616. The van der Waals surface area contributed by atoms with Crippen LogP contribution in [0.1, 0.15) is 19.8 Å². The third kappa shape index (κ3) is 1.71. The molecule has 0 aromatic heterocycles. The molecule has 2 N–H and O–H groups in total. The van der Waals surface area contributed by atoms with Gasteiger partial charge >= 0.3 is 0 Å². The van der Waals surface area contributed by atoms with Crippen LogP contribution in [-0.2, 0) is 0 Å². The maximum Gasteiger partial charge on any atom is 0.142 e. The van der Waals surface area contributed by atoms with E-state index in [0.29, 0.717) is 0 Å². The summed E-state index contributed by atoms with van der Waals surface area (Å²) in [5.41, 5.74) is 5.43. The fraction of sp³-hybridized carbons (Fsp3) is 0.600. The van der Waals surface area contributed by atoms with Gasteiger partial charge in [0.1, 0.15) is 12.2 Å². The van der Waals surface area contributed by atoms with Crippen molar-refractivity contribution in [1.82, 2.24) is 10.9 Å². The molecule has 0 aromatic rings. The molecule has 0 unspecified atom stereocenters. The van der Waals surface area contributed by atoms with Gasteiger partial charge in [0.2, 0.25) is 0 Å². The molecule has 0 saturated heterocycles. The molecule has 0 aliphatic carbocycles. The van der Waals surface area contributed by atoms with Gasteiger partial charge in [-0.2, -0.15) is 10.2 Å². The Labute approximate surface area is 54.0 Å². The van der Waals surface area contributed by atoms with E-state index in [1.165, 1.54) is 6.34 Å². The Morgan fingerprint density at radius 3 is 3.11 bits per heavy atom. The highest BCUT2D eigenvalue weighted by Crippen LogP contribution is 1.89. The number of amidine groups is 1. The van der Waals surface area contributed by atoms with Gasteiger partial charge in [0, 0.05) is 6.42 Å². The van der Waals surface area contributed by atoms with Gasteiger partial charge in [0.15, 0.2) is 0 Å². The summed E-state index contributed by atoms with van der Waals surface area (Å²) in [6.45, 7) is 2.10. The van der Waals surface area contributed by atoms with Crippen molar-refractivity contribution >= 4 is 12.2 Å². The minimum Gasteiger partial charge on any atom is -0.264 e. The normalized spacial score (nSPS) is 15.9. The average Bonchev–Trinajstić information content (AvgIpc) is 1.91. The summed E-state index contributed by atoms with van der Waals surface area (Å²) in [6, 6.07) is 0. The Morgan fingerprint density at radius 2 is 2.56 bits per heavy atom. The Balaban J connectivity index is 2.32. The SMILES string of the molecule is CCCC1=NNC=NN1. The molecule has 0 spiro atoms. The van der Waals surface area contributed by atoms with Gasteiger partial charge in [-0.1, -0.05) is 6.92 Å². The van der Waals surface area contributed by atoms with E-state index in [1.807, 2.05) is 0 Å². The van der Waals surface area contributed by atoms with Crippen LogP contribution in [0.15, 0.2) is 10.2 Å². The van der Waals surface area contributed by atoms with Crippen molar-refractivity contribution in [2.75, 3.05) is 0 Å². The van der Waals surface area contributed by atoms with E-state index in [2.05, 4.69) is 28.0 Å². The van der Waals surface area contributed by atoms with Gasteiger partial charge in [-0.25, -0.2) is 0 Å². The van der Waals surface area contributed by atoms with Crippen LogP contribution in [0.2, 0.25) is 0 Å². The first-order chi connectivity index (χ1) is 4.43. The Hall–Kier alpha value is -1.06. The minimum absolute atomic E-state index is 0.903. The lowest BCUT2D eigenvalue weighted by Gasteiger charge is -2.06. The predicted molar refractivity (Wildman–Crippen MR) is 37.1 cm³/mol. The van der Waals surface area contributed by atoms with Crippen LogP contribution in [0.25, 0.3) is 0 Å². The van der Waals surface area contributed by atoms with Crippen LogP contribution in [-0.4, -0.2) is 12.2 Å². The van der Waals surface area contributed by atoms with Gasteiger partial charge in [-0.05, 0) is 6.42 Å². The van der Waals surface area contributed by atoms with Crippen LogP contribution in [0.3, 0.4) is 0 Å². The second kappa shape index (κ2) is 3.06. The molecule has 1 rings (SSSR count). The first-order valence-corrected chi connectivity index (χ1v) is 3.03. The zero-order valence-corrected chi connectivity index (χ0v) is 5.39. The quantitative estimate of drug-likeness (QED) is 0.556. The van der Waals surface area contributed by atoms with Crippen molar-refractivity contribution in [3.8, 4) is 0 Å². The van der Waals surface area contributed by atoms with Crippen LogP contribution in [0.4, 0.5) is 0 Å². The van der Waals surface area contributed by atoms with Crippen molar-refractivity contribution in [3.63, 3.8) is 0 Å². The Bertz CT molecular complexity index is 138. The molecule has 1 heterocycles. The Morgan fingerprint density at radius 1 is 1.67 bits per heavy atom. The van der Waals surface area contributed by atoms with Gasteiger partial charge in [0.25, 0.3) is 0 Å². The van der Waals surface area contributed by atoms with E-state index in [4.69, 9.17) is 0 Å². The molecule has 1 aliphatic rings. The summed E-state index contributed by atoms with van der Waals surface area (Å²) in [6.07, 6.45) is 3.55. The first-order valence-electron chi connectivity index (χ1n) is 3.03. The molecule has 0 atom stereocenters. The molecule has 1 aliphatic heterocycles. The highest BCUT2D eigenvalue weighted by molar-refractivity contribution is 5.84. The summed E-state index contributed by atoms with van der Waals surface area (Å²) in [5.74, 6) is 0.903. The molecule has 9 heavy (non-hydrogen) atoms. The van der Waals surface area contributed by atoms with Gasteiger partial charge in [-0.3, -0.25) is 10.9 Å². The van der Waals surface area contributed by atoms with E-state index in [0.717, 1.165) is 18.7 Å². The highest BCUT2D eigenvalue weighted by atomic mass is 15.5. The van der Waals surface area contributed by atoms with E-state index >= 15 is 0 Å².